The molecule has 0 saturated heterocycles. The Morgan fingerprint density at radius 3 is 2.71 bits per heavy atom. The number of fused-ring (bicyclic) bond motifs is 1. The standard InChI is InChI=1S/C26H25N7O3S2/c1-32(23-10-12-27-25(30-23)28-20-7-5-6-18(14-20)16-38(2,35)36)17-33-22-9-4-3-8-21(22)29-26(33)31-24(34)19-11-13-37-15-19/h3-15H,16-17H2,1-2H3,(H,27,28,30)(H,29,31,34). The SMILES string of the molecule is CN(Cn1c(NC(=O)c2ccsc2)nc2ccccc21)c1ccnc(Nc2cccc(CS(C)(=O)=O)c2)n1. The highest BCUT2D eigenvalue weighted by molar-refractivity contribution is 7.89. The molecule has 194 valence electrons. The Morgan fingerprint density at radius 1 is 1.08 bits per heavy atom. The van der Waals surface area contributed by atoms with Crippen LogP contribution in [0.25, 0.3) is 11.0 Å². The molecule has 0 aliphatic rings. The average Bonchev–Trinajstić information content (AvgIpc) is 3.52. The monoisotopic (exact) mass is 547 g/mol. The highest BCUT2D eigenvalue weighted by Crippen LogP contribution is 2.23. The van der Waals surface area contributed by atoms with Crippen molar-refractivity contribution in [3.63, 3.8) is 0 Å². The molecule has 0 atom stereocenters. The number of para-hydroxylation sites is 2. The summed E-state index contributed by atoms with van der Waals surface area (Å²) in [5, 5.41) is 9.73. The van der Waals surface area contributed by atoms with Gasteiger partial charge in [0.15, 0.2) is 9.84 Å². The second-order valence-electron chi connectivity index (χ2n) is 8.79. The van der Waals surface area contributed by atoms with E-state index >= 15 is 0 Å². The molecule has 0 spiro atoms. The van der Waals surface area contributed by atoms with Crippen molar-refractivity contribution in [2.75, 3.05) is 28.8 Å². The Hall–Kier alpha value is -4.29. The van der Waals surface area contributed by atoms with Gasteiger partial charge in [0.05, 0.1) is 29.0 Å². The van der Waals surface area contributed by atoms with Crippen molar-refractivity contribution in [1.82, 2.24) is 19.5 Å². The third kappa shape index (κ3) is 5.98. The van der Waals surface area contributed by atoms with Crippen LogP contribution < -0.4 is 15.5 Å². The summed E-state index contributed by atoms with van der Waals surface area (Å²) in [6.07, 6.45) is 2.85. The third-order valence-electron chi connectivity index (χ3n) is 5.66. The number of imidazole rings is 1. The Balaban J connectivity index is 1.37. The smallest absolute Gasteiger partial charge is 0.258 e. The van der Waals surface area contributed by atoms with Gasteiger partial charge in [0, 0.05) is 30.6 Å². The molecule has 1 amide bonds. The number of amides is 1. The highest BCUT2D eigenvalue weighted by atomic mass is 32.2. The molecule has 0 aliphatic carbocycles. The Labute approximate surface area is 223 Å². The van der Waals surface area contributed by atoms with E-state index in [4.69, 9.17) is 0 Å². The van der Waals surface area contributed by atoms with Crippen LogP contribution in [0.5, 0.6) is 0 Å². The fourth-order valence-corrected chi connectivity index (χ4v) is 5.38. The van der Waals surface area contributed by atoms with E-state index in [0.29, 0.717) is 41.2 Å². The third-order valence-corrected chi connectivity index (χ3v) is 7.20. The minimum Gasteiger partial charge on any atom is -0.341 e. The molecule has 2 N–H and O–H groups in total. The lowest BCUT2D eigenvalue weighted by Gasteiger charge is -2.21. The first kappa shape index (κ1) is 25.4. The Morgan fingerprint density at radius 2 is 1.92 bits per heavy atom. The number of aromatic nitrogens is 4. The summed E-state index contributed by atoms with van der Waals surface area (Å²) in [6, 6.07) is 18.4. The minimum atomic E-state index is -3.15. The minimum absolute atomic E-state index is 0.0453. The Bertz CT molecular complexity index is 1700. The molecule has 12 heteroatoms. The lowest BCUT2D eigenvalue weighted by molar-refractivity contribution is 0.102. The lowest BCUT2D eigenvalue weighted by atomic mass is 10.2. The van der Waals surface area contributed by atoms with Gasteiger partial charge in [-0.1, -0.05) is 24.3 Å². The van der Waals surface area contributed by atoms with E-state index in [9.17, 15) is 13.2 Å². The number of nitrogens with one attached hydrogen (secondary N) is 2. The number of carbonyl (C=O) groups excluding carboxylic acids is 1. The zero-order chi connectivity index (χ0) is 26.7. The molecule has 5 aromatic rings. The second-order valence-corrected chi connectivity index (χ2v) is 11.7. The predicted octanol–water partition coefficient (Wildman–Crippen LogP) is 4.52. The molecule has 0 fully saturated rings. The van der Waals surface area contributed by atoms with Gasteiger partial charge in [-0.2, -0.15) is 16.3 Å². The molecule has 10 nitrogen and oxygen atoms in total. The number of nitrogens with zero attached hydrogens (tertiary/aromatic N) is 5. The number of anilines is 4. The zero-order valence-corrected chi connectivity index (χ0v) is 22.3. The molecule has 0 bridgehead atoms. The number of sulfone groups is 1. The Kier molecular flexibility index (Phi) is 7.07. The maximum Gasteiger partial charge on any atom is 0.258 e. The largest absolute Gasteiger partial charge is 0.341 e. The summed E-state index contributed by atoms with van der Waals surface area (Å²) in [4.78, 5) is 28.2. The number of rotatable bonds is 9. The maximum atomic E-state index is 12.7. The van der Waals surface area contributed by atoms with Gasteiger partial charge in [0.2, 0.25) is 11.9 Å². The van der Waals surface area contributed by atoms with Crippen LogP contribution in [-0.4, -0.2) is 47.1 Å². The topological polar surface area (TPSA) is 122 Å². The summed E-state index contributed by atoms with van der Waals surface area (Å²) in [7, 11) is -1.26. The molecule has 3 heterocycles. The number of hydrogen-bond acceptors (Lipinski definition) is 9. The van der Waals surface area contributed by atoms with Gasteiger partial charge in [-0.25, -0.2) is 18.4 Å². The van der Waals surface area contributed by atoms with E-state index in [1.165, 1.54) is 17.6 Å². The van der Waals surface area contributed by atoms with Crippen LogP contribution in [-0.2, 0) is 22.3 Å². The number of benzene rings is 2. The summed E-state index contributed by atoms with van der Waals surface area (Å²) >= 11 is 1.46. The molecule has 0 saturated carbocycles. The lowest BCUT2D eigenvalue weighted by Crippen LogP contribution is -2.25. The first-order valence-electron chi connectivity index (χ1n) is 11.6. The van der Waals surface area contributed by atoms with Gasteiger partial charge in [0.25, 0.3) is 5.91 Å². The second kappa shape index (κ2) is 10.6. The van der Waals surface area contributed by atoms with E-state index in [1.54, 1.807) is 41.9 Å². The van der Waals surface area contributed by atoms with Gasteiger partial charge in [-0.05, 0) is 47.3 Å². The van der Waals surface area contributed by atoms with Crippen molar-refractivity contribution in [3.8, 4) is 0 Å². The summed E-state index contributed by atoms with van der Waals surface area (Å²) in [5.41, 5.74) is 3.57. The van der Waals surface area contributed by atoms with Crippen LogP contribution in [0.15, 0.2) is 77.6 Å². The van der Waals surface area contributed by atoms with Crippen LogP contribution in [0.1, 0.15) is 15.9 Å². The first-order chi connectivity index (χ1) is 18.2. The van der Waals surface area contributed by atoms with Crippen molar-refractivity contribution in [2.24, 2.45) is 0 Å². The van der Waals surface area contributed by atoms with E-state index in [0.717, 1.165) is 11.0 Å². The number of thiophene rings is 1. The van der Waals surface area contributed by atoms with Crippen LogP contribution >= 0.6 is 11.3 Å². The molecular formula is C26H25N7O3S2. The molecule has 0 unspecified atom stereocenters. The fourth-order valence-electron chi connectivity index (χ4n) is 3.96. The van der Waals surface area contributed by atoms with E-state index < -0.39 is 9.84 Å². The maximum absolute atomic E-state index is 12.7. The van der Waals surface area contributed by atoms with Gasteiger partial charge >= 0.3 is 0 Å². The van der Waals surface area contributed by atoms with Gasteiger partial charge in [-0.3, -0.25) is 14.7 Å². The average molecular weight is 548 g/mol. The molecular weight excluding hydrogens is 522 g/mol. The fraction of sp³-hybridized carbons (Fsp3) is 0.154. The molecule has 5 rings (SSSR count). The van der Waals surface area contributed by atoms with Gasteiger partial charge < -0.3 is 10.2 Å². The molecule has 0 aliphatic heterocycles. The van der Waals surface area contributed by atoms with Gasteiger partial charge in [0.1, 0.15) is 5.82 Å². The van der Waals surface area contributed by atoms with Crippen LogP contribution in [0.4, 0.5) is 23.4 Å². The molecule has 2 aromatic carbocycles. The van der Waals surface area contributed by atoms with Crippen molar-refractivity contribution in [1.29, 1.82) is 0 Å². The first-order valence-corrected chi connectivity index (χ1v) is 14.6. The van der Waals surface area contributed by atoms with Crippen LogP contribution in [0.2, 0.25) is 0 Å². The normalized spacial score (nSPS) is 11.4. The highest BCUT2D eigenvalue weighted by Gasteiger charge is 2.17. The van der Waals surface area contributed by atoms with Crippen LogP contribution in [0, 0.1) is 0 Å². The van der Waals surface area contributed by atoms with Crippen LogP contribution in [0.3, 0.4) is 0 Å². The number of hydrogen-bond donors (Lipinski definition) is 2. The summed E-state index contributed by atoms with van der Waals surface area (Å²) < 4.78 is 25.3. The molecule has 0 radical (unpaired) electrons. The summed E-state index contributed by atoms with van der Waals surface area (Å²) in [6.45, 7) is 0.361. The van der Waals surface area contributed by atoms with Crippen molar-refractivity contribution in [2.45, 2.75) is 12.4 Å². The summed E-state index contributed by atoms with van der Waals surface area (Å²) in [5.74, 6) is 1.17. The van der Waals surface area contributed by atoms with Crippen molar-refractivity contribution in [3.05, 3.63) is 88.7 Å². The van der Waals surface area contributed by atoms with E-state index in [-0.39, 0.29) is 11.7 Å². The van der Waals surface area contributed by atoms with E-state index in [1.807, 2.05) is 52.2 Å². The number of carbonyl (C=O) groups is 1. The van der Waals surface area contributed by atoms with E-state index in [2.05, 4.69) is 25.6 Å². The van der Waals surface area contributed by atoms with Crippen molar-refractivity contribution < 1.29 is 13.2 Å². The quantitative estimate of drug-likeness (QED) is 0.276. The predicted molar refractivity (Wildman–Crippen MR) is 151 cm³/mol. The molecule has 38 heavy (non-hydrogen) atoms. The van der Waals surface area contributed by atoms with Crippen molar-refractivity contribution >= 4 is 61.5 Å². The van der Waals surface area contributed by atoms with Gasteiger partial charge in [-0.15, -0.1) is 0 Å². The molecule has 3 aromatic heterocycles. The zero-order valence-electron chi connectivity index (χ0n) is 20.7.